The normalized spacial score (nSPS) is 28.7. The number of aromatic hydroxyl groups is 1. The lowest BCUT2D eigenvalue weighted by molar-refractivity contribution is -0.633. The maximum Gasteiger partial charge on any atom is 0.255 e. The summed E-state index contributed by atoms with van der Waals surface area (Å²) in [5.41, 5.74) is 2.90. The first-order chi connectivity index (χ1) is 16.9. The number of quaternary nitrogens is 1. The Bertz CT molecular complexity index is 1220. The molecule has 0 spiro atoms. The van der Waals surface area contributed by atoms with Crippen LogP contribution in [0, 0.1) is 11.8 Å². The van der Waals surface area contributed by atoms with Crippen molar-refractivity contribution in [2.45, 2.75) is 37.0 Å². The van der Waals surface area contributed by atoms with Gasteiger partial charge in [-0.15, -0.1) is 0 Å². The lowest BCUT2D eigenvalue weighted by Gasteiger charge is -2.50. The molecular formula is C25H32N3O8+. The number of rotatable bonds is 6. The number of aliphatic hydroxyl groups is 4. The molecule has 0 aromatic heterocycles. The van der Waals surface area contributed by atoms with Gasteiger partial charge in [0, 0.05) is 17.9 Å². The van der Waals surface area contributed by atoms with Gasteiger partial charge in [-0.2, -0.15) is 0 Å². The van der Waals surface area contributed by atoms with E-state index in [1.54, 1.807) is 20.2 Å². The molecule has 0 aliphatic heterocycles. The first-order valence-electron chi connectivity index (χ1n) is 11.8. The van der Waals surface area contributed by atoms with Gasteiger partial charge in [-0.25, -0.2) is 0 Å². The third kappa shape index (κ3) is 3.62. The second kappa shape index (κ2) is 9.00. The van der Waals surface area contributed by atoms with E-state index >= 15 is 0 Å². The Morgan fingerprint density at radius 1 is 1.25 bits per heavy atom. The van der Waals surface area contributed by atoms with Crippen LogP contribution in [0.15, 0.2) is 29.0 Å². The number of nitrogens with two attached hydrogens (primary N) is 2. The second-order valence-corrected chi connectivity index (χ2v) is 10.1. The van der Waals surface area contributed by atoms with Crippen LogP contribution in [0.3, 0.4) is 0 Å². The molecule has 0 radical (unpaired) electrons. The molecule has 5 unspecified atom stereocenters. The zero-order chi connectivity index (χ0) is 26.7. The smallest absolute Gasteiger partial charge is 0.255 e. The van der Waals surface area contributed by atoms with Crippen LogP contribution in [0.1, 0.15) is 23.1 Å². The zero-order valence-corrected chi connectivity index (χ0v) is 20.4. The summed E-state index contributed by atoms with van der Waals surface area (Å²) in [4.78, 5) is 40.4. The average Bonchev–Trinajstić information content (AvgIpc) is 2.78. The molecular weight excluding hydrogens is 470 g/mol. The summed E-state index contributed by atoms with van der Waals surface area (Å²) in [5.74, 6) is -6.83. The standard InChI is InChI=1S/C25H31N3O8/c1-27-9-12(29)6-10-4-5-15(30)17-13(10)7-11-8-14-19(28(2)3)21(32)18(24(26)35)23(34)25(14,36)22(33)16(11)20(17)31/h4-5,11-12,14,19,27,29-31,34,36H,6-9H2,1-3H3,(H2,26,35)/p+1. The van der Waals surface area contributed by atoms with E-state index in [4.69, 9.17) is 5.73 Å². The van der Waals surface area contributed by atoms with E-state index in [1.807, 2.05) is 12.4 Å². The number of carbonyl (C=O) groups is 3. The molecule has 1 aromatic carbocycles. The van der Waals surface area contributed by atoms with Crippen molar-refractivity contribution in [2.24, 2.45) is 17.6 Å². The zero-order valence-electron chi connectivity index (χ0n) is 20.4. The molecule has 36 heavy (non-hydrogen) atoms. The molecule has 4 rings (SSSR count). The number of likely N-dealkylation sites (N-methyl/N-ethyl adjacent to an activating group) is 2. The highest BCUT2D eigenvalue weighted by molar-refractivity contribution is 6.24. The Morgan fingerprint density at radius 3 is 2.50 bits per heavy atom. The maximum absolute atomic E-state index is 13.8. The van der Waals surface area contributed by atoms with Crippen molar-refractivity contribution >= 4 is 23.2 Å². The van der Waals surface area contributed by atoms with Gasteiger partial charge < -0.3 is 36.6 Å². The van der Waals surface area contributed by atoms with E-state index in [9.17, 15) is 39.9 Å². The molecule has 1 fully saturated rings. The van der Waals surface area contributed by atoms with Crippen molar-refractivity contribution < 1.29 is 45.2 Å². The minimum absolute atomic E-state index is 0.0200. The Morgan fingerprint density at radius 2 is 1.92 bits per heavy atom. The SMILES string of the molecule is C[NH2+]CC(O)Cc1ccc(O)c2c1CC1CC3C(N(C)C)C(=O)C(C(N)=O)=C(O)C3(O)C(=O)C1=C2O. The number of nitrogens with zero attached hydrogens (tertiary/aromatic N) is 1. The van der Waals surface area contributed by atoms with Gasteiger partial charge in [0.1, 0.15) is 35.5 Å². The fourth-order valence-electron chi connectivity index (χ4n) is 6.11. The molecule has 1 saturated carbocycles. The largest absolute Gasteiger partial charge is 0.508 e. The summed E-state index contributed by atoms with van der Waals surface area (Å²) in [6.45, 7) is 0.445. The van der Waals surface area contributed by atoms with Crippen molar-refractivity contribution in [3.05, 3.63) is 45.7 Å². The third-order valence-electron chi connectivity index (χ3n) is 7.66. The highest BCUT2D eigenvalue weighted by atomic mass is 16.3. The second-order valence-electron chi connectivity index (χ2n) is 10.1. The number of phenolic OH excluding ortho intramolecular Hbond substituents is 1. The number of ketones is 2. The van der Waals surface area contributed by atoms with Crippen molar-refractivity contribution in [2.75, 3.05) is 27.7 Å². The van der Waals surface area contributed by atoms with Crippen molar-refractivity contribution in [3.8, 4) is 5.75 Å². The van der Waals surface area contributed by atoms with Crippen LogP contribution in [0.25, 0.3) is 5.76 Å². The van der Waals surface area contributed by atoms with Gasteiger partial charge in [0.15, 0.2) is 11.4 Å². The number of hydrogen-bond donors (Lipinski definition) is 7. The average molecular weight is 503 g/mol. The van der Waals surface area contributed by atoms with E-state index < -0.39 is 64.1 Å². The minimum Gasteiger partial charge on any atom is -0.508 e. The summed E-state index contributed by atoms with van der Waals surface area (Å²) < 4.78 is 0. The monoisotopic (exact) mass is 502 g/mol. The van der Waals surface area contributed by atoms with E-state index in [1.165, 1.54) is 11.0 Å². The molecule has 3 aliphatic carbocycles. The number of amides is 1. The first-order valence-corrected chi connectivity index (χ1v) is 11.8. The molecule has 3 aliphatic rings. The summed E-state index contributed by atoms with van der Waals surface area (Å²) >= 11 is 0. The van der Waals surface area contributed by atoms with Gasteiger partial charge in [0.25, 0.3) is 5.91 Å². The molecule has 194 valence electrons. The summed E-state index contributed by atoms with van der Waals surface area (Å²) in [5, 5.41) is 56.4. The predicted molar refractivity (Wildman–Crippen MR) is 127 cm³/mol. The molecule has 1 amide bonds. The fraction of sp³-hybridized carbons (Fsp3) is 0.480. The molecule has 11 nitrogen and oxygen atoms in total. The molecule has 9 N–H and O–H groups in total. The molecule has 11 heteroatoms. The lowest BCUT2D eigenvalue weighted by Crippen LogP contribution is -2.82. The minimum atomic E-state index is -2.66. The number of Topliss-reactive ketones (excluding diaryl/α,β-unsaturated/α-hetero) is 2. The van der Waals surface area contributed by atoms with E-state index in [0.29, 0.717) is 17.7 Å². The van der Waals surface area contributed by atoms with E-state index in [2.05, 4.69) is 0 Å². The van der Waals surface area contributed by atoms with Crippen LogP contribution in [0.2, 0.25) is 0 Å². The van der Waals surface area contributed by atoms with Gasteiger partial charge in [-0.05, 0) is 50.0 Å². The van der Waals surface area contributed by atoms with Crippen molar-refractivity contribution in [1.29, 1.82) is 0 Å². The van der Waals surface area contributed by atoms with Crippen LogP contribution in [-0.4, -0.2) is 93.3 Å². The van der Waals surface area contributed by atoms with Crippen molar-refractivity contribution in [1.82, 2.24) is 4.90 Å². The van der Waals surface area contributed by atoms with E-state index in [-0.39, 0.29) is 36.1 Å². The van der Waals surface area contributed by atoms with Gasteiger partial charge in [0.2, 0.25) is 5.78 Å². The number of benzene rings is 1. The van der Waals surface area contributed by atoms with Gasteiger partial charge in [-0.1, -0.05) is 6.07 Å². The molecule has 0 saturated heterocycles. The van der Waals surface area contributed by atoms with Crippen LogP contribution in [0.4, 0.5) is 0 Å². The Labute approximate surface area is 207 Å². The highest BCUT2D eigenvalue weighted by Gasteiger charge is 2.64. The van der Waals surface area contributed by atoms with Gasteiger partial charge >= 0.3 is 0 Å². The summed E-state index contributed by atoms with van der Waals surface area (Å²) in [7, 11) is 4.93. The van der Waals surface area contributed by atoms with Crippen LogP contribution in [0.5, 0.6) is 5.75 Å². The highest BCUT2D eigenvalue weighted by Crippen LogP contribution is 2.52. The van der Waals surface area contributed by atoms with Crippen molar-refractivity contribution in [3.63, 3.8) is 0 Å². The molecule has 0 bridgehead atoms. The number of fused-ring (bicyclic) bond motifs is 3. The number of carbonyl (C=O) groups excluding carboxylic acids is 3. The molecule has 5 atom stereocenters. The number of phenols is 1. The van der Waals surface area contributed by atoms with Crippen LogP contribution >= 0.6 is 0 Å². The van der Waals surface area contributed by atoms with Gasteiger partial charge in [-0.3, -0.25) is 19.3 Å². The number of aliphatic hydroxyl groups excluding tert-OH is 3. The van der Waals surface area contributed by atoms with Gasteiger partial charge in [0.05, 0.1) is 18.7 Å². The Hall–Kier alpha value is -3.25. The predicted octanol–water partition coefficient (Wildman–Crippen LogP) is -1.94. The third-order valence-corrected chi connectivity index (χ3v) is 7.66. The molecule has 1 aromatic rings. The fourth-order valence-corrected chi connectivity index (χ4v) is 6.11. The van der Waals surface area contributed by atoms with Crippen LogP contribution < -0.4 is 11.1 Å². The number of primary amides is 1. The van der Waals surface area contributed by atoms with Crippen LogP contribution in [-0.2, 0) is 27.2 Å². The molecule has 0 heterocycles. The lowest BCUT2D eigenvalue weighted by atomic mass is 9.57. The van der Waals surface area contributed by atoms with E-state index in [0.717, 1.165) is 0 Å². The Kier molecular flexibility index (Phi) is 6.46. The topological polar surface area (TPSA) is 198 Å². The first kappa shape index (κ1) is 25.8. The summed E-state index contributed by atoms with van der Waals surface area (Å²) in [6.07, 6.45) is -0.210. The Balaban J connectivity index is 1.91. The maximum atomic E-state index is 13.8. The number of hydrogen-bond acceptors (Lipinski definition) is 9. The quantitative estimate of drug-likeness (QED) is 0.216. The summed E-state index contributed by atoms with van der Waals surface area (Å²) in [6, 6.07) is 1.89.